The van der Waals surface area contributed by atoms with E-state index in [0.717, 1.165) is 18.8 Å². The molecule has 1 atom stereocenters. The van der Waals surface area contributed by atoms with Gasteiger partial charge in [0.1, 0.15) is 5.76 Å². The molecule has 0 radical (unpaired) electrons. The fraction of sp³-hybridized carbons (Fsp3) is 0.692. The molecule has 90 valence electrons. The van der Waals surface area contributed by atoms with Gasteiger partial charge in [0, 0.05) is 6.04 Å². The molecule has 1 aromatic rings. The highest BCUT2D eigenvalue weighted by Crippen LogP contribution is 2.17. The summed E-state index contributed by atoms with van der Waals surface area (Å²) in [6.07, 6.45) is 5.61. The van der Waals surface area contributed by atoms with Crippen molar-refractivity contribution in [1.29, 1.82) is 0 Å². The summed E-state index contributed by atoms with van der Waals surface area (Å²) in [5, 5.41) is 3.45. The molecule has 0 aromatic carbocycles. The van der Waals surface area contributed by atoms with Gasteiger partial charge in [0.25, 0.3) is 0 Å². The highest BCUT2D eigenvalue weighted by molar-refractivity contribution is 5.14. The molecule has 0 amide bonds. The van der Waals surface area contributed by atoms with E-state index in [9.17, 15) is 0 Å². The summed E-state index contributed by atoms with van der Waals surface area (Å²) in [6.45, 7) is 5.36. The highest BCUT2D eigenvalue weighted by atomic mass is 16.3. The molecule has 1 saturated heterocycles. The Bertz CT molecular complexity index is 313. The molecule has 1 N–H and O–H groups in total. The van der Waals surface area contributed by atoms with Crippen LogP contribution in [-0.2, 0) is 6.54 Å². The summed E-state index contributed by atoms with van der Waals surface area (Å²) in [5.41, 5.74) is 1.26. The van der Waals surface area contributed by atoms with Crippen molar-refractivity contribution in [2.45, 2.75) is 38.8 Å². The van der Waals surface area contributed by atoms with Crippen LogP contribution >= 0.6 is 0 Å². The van der Waals surface area contributed by atoms with Gasteiger partial charge in [-0.05, 0) is 58.0 Å². The monoisotopic (exact) mass is 222 g/mol. The molecule has 3 nitrogen and oxygen atoms in total. The number of furan rings is 1. The Kier molecular flexibility index (Phi) is 4.02. The first-order chi connectivity index (χ1) is 7.77. The predicted molar refractivity (Wildman–Crippen MR) is 65.4 cm³/mol. The van der Waals surface area contributed by atoms with E-state index in [1.54, 1.807) is 6.26 Å². The third-order valence-corrected chi connectivity index (χ3v) is 3.53. The van der Waals surface area contributed by atoms with Crippen molar-refractivity contribution in [2.24, 2.45) is 0 Å². The van der Waals surface area contributed by atoms with Crippen molar-refractivity contribution in [3.63, 3.8) is 0 Å². The van der Waals surface area contributed by atoms with E-state index in [2.05, 4.69) is 24.2 Å². The van der Waals surface area contributed by atoms with Gasteiger partial charge >= 0.3 is 0 Å². The Morgan fingerprint density at radius 3 is 3.06 bits per heavy atom. The maximum absolute atomic E-state index is 5.50. The molecule has 0 spiro atoms. The standard InChI is InChI=1S/C13H22N2O/c1-11-6-9-16-13(11)10-15(2)12-4-3-7-14-8-5-12/h6,9,12,14H,3-5,7-8,10H2,1-2H3. The fourth-order valence-electron chi connectivity index (χ4n) is 2.36. The molecule has 0 aliphatic carbocycles. The van der Waals surface area contributed by atoms with Gasteiger partial charge in [0.15, 0.2) is 0 Å². The van der Waals surface area contributed by atoms with Gasteiger partial charge in [0.2, 0.25) is 0 Å². The summed E-state index contributed by atoms with van der Waals surface area (Å²) >= 11 is 0. The van der Waals surface area contributed by atoms with Crippen LogP contribution in [0.2, 0.25) is 0 Å². The number of nitrogens with one attached hydrogen (secondary N) is 1. The van der Waals surface area contributed by atoms with Crippen LogP contribution in [0, 0.1) is 6.92 Å². The zero-order valence-corrected chi connectivity index (χ0v) is 10.3. The second-order valence-electron chi connectivity index (χ2n) is 4.78. The van der Waals surface area contributed by atoms with Crippen molar-refractivity contribution in [3.05, 3.63) is 23.7 Å². The molecule has 2 rings (SSSR count). The van der Waals surface area contributed by atoms with Crippen LogP contribution in [0.1, 0.15) is 30.6 Å². The van der Waals surface area contributed by atoms with Crippen LogP contribution in [0.4, 0.5) is 0 Å². The van der Waals surface area contributed by atoms with E-state index in [4.69, 9.17) is 4.42 Å². The third kappa shape index (κ3) is 2.86. The van der Waals surface area contributed by atoms with E-state index >= 15 is 0 Å². The van der Waals surface area contributed by atoms with Crippen molar-refractivity contribution in [2.75, 3.05) is 20.1 Å². The average molecular weight is 222 g/mol. The molecular formula is C13H22N2O. The lowest BCUT2D eigenvalue weighted by molar-refractivity contribution is 0.200. The number of nitrogens with zero attached hydrogens (tertiary/aromatic N) is 1. The van der Waals surface area contributed by atoms with E-state index in [-0.39, 0.29) is 0 Å². The Labute approximate surface area is 97.8 Å². The lowest BCUT2D eigenvalue weighted by atomic mass is 10.1. The summed E-state index contributed by atoms with van der Waals surface area (Å²) in [5.74, 6) is 1.11. The van der Waals surface area contributed by atoms with Crippen LogP contribution < -0.4 is 5.32 Å². The Balaban J connectivity index is 1.91. The van der Waals surface area contributed by atoms with E-state index < -0.39 is 0 Å². The van der Waals surface area contributed by atoms with Gasteiger partial charge in [-0.15, -0.1) is 0 Å². The molecular weight excluding hydrogens is 200 g/mol. The van der Waals surface area contributed by atoms with E-state index in [1.165, 1.54) is 31.4 Å². The van der Waals surface area contributed by atoms with Crippen molar-refractivity contribution >= 4 is 0 Å². The average Bonchev–Trinajstić information content (AvgIpc) is 2.57. The SMILES string of the molecule is Cc1ccoc1CN(C)C1CCCNCC1. The predicted octanol–water partition coefficient (Wildman–Crippen LogP) is 2.16. The second kappa shape index (κ2) is 5.51. The van der Waals surface area contributed by atoms with E-state index in [1.807, 2.05) is 6.07 Å². The van der Waals surface area contributed by atoms with Gasteiger partial charge in [-0.1, -0.05) is 0 Å². The number of rotatable bonds is 3. The quantitative estimate of drug-likeness (QED) is 0.849. The van der Waals surface area contributed by atoms with Gasteiger partial charge in [0.05, 0.1) is 12.8 Å². The van der Waals surface area contributed by atoms with Crippen molar-refractivity contribution in [3.8, 4) is 0 Å². The minimum absolute atomic E-state index is 0.694. The van der Waals surface area contributed by atoms with Gasteiger partial charge in [-0.3, -0.25) is 4.90 Å². The molecule has 0 saturated carbocycles. The minimum atomic E-state index is 0.694. The highest BCUT2D eigenvalue weighted by Gasteiger charge is 2.18. The molecule has 3 heteroatoms. The van der Waals surface area contributed by atoms with Crippen molar-refractivity contribution in [1.82, 2.24) is 10.2 Å². The van der Waals surface area contributed by atoms with Crippen LogP contribution in [0.3, 0.4) is 0 Å². The van der Waals surface area contributed by atoms with E-state index in [0.29, 0.717) is 6.04 Å². The molecule has 1 fully saturated rings. The number of hydrogen-bond acceptors (Lipinski definition) is 3. The number of aryl methyl sites for hydroxylation is 1. The largest absolute Gasteiger partial charge is 0.468 e. The molecule has 2 heterocycles. The maximum atomic E-state index is 5.50. The summed E-state index contributed by atoms with van der Waals surface area (Å²) in [4.78, 5) is 2.43. The maximum Gasteiger partial charge on any atom is 0.120 e. The molecule has 16 heavy (non-hydrogen) atoms. The minimum Gasteiger partial charge on any atom is -0.468 e. The van der Waals surface area contributed by atoms with Crippen LogP contribution in [0.25, 0.3) is 0 Å². The van der Waals surface area contributed by atoms with Crippen LogP contribution in [-0.4, -0.2) is 31.1 Å². The normalized spacial score (nSPS) is 22.3. The van der Waals surface area contributed by atoms with Crippen molar-refractivity contribution < 1.29 is 4.42 Å². The first-order valence-electron chi connectivity index (χ1n) is 6.21. The first kappa shape index (κ1) is 11.7. The molecule has 1 unspecified atom stereocenters. The van der Waals surface area contributed by atoms with Gasteiger partial charge in [-0.25, -0.2) is 0 Å². The fourth-order valence-corrected chi connectivity index (χ4v) is 2.36. The zero-order valence-electron chi connectivity index (χ0n) is 10.3. The molecule has 1 aliphatic heterocycles. The number of hydrogen-bond donors (Lipinski definition) is 1. The van der Waals surface area contributed by atoms with Gasteiger partial charge in [-0.2, -0.15) is 0 Å². The molecule has 0 bridgehead atoms. The van der Waals surface area contributed by atoms with Gasteiger partial charge < -0.3 is 9.73 Å². The second-order valence-corrected chi connectivity index (χ2v) is 4.78. The van der Waals surface area contributed by atoms with Crippen LogP contribution in [0.5, 0.6) is 0 Å². The Morgan fingerprint density at radius 1 is 1.44 bits per heavy atom. The third-order valence-electron chi connectivity index (χ3n) is 3.53. The first-order valence-corrected chi connectivity index (χ1v) is 6.21. The lowest BCUT2D eigenvalue weighted by Crippen LogP contribution is -2.32. The summed E-state index contributed by atoms with van der Waals surface area (Å²) in [7, 11) is 2.21. The smallest absolute Gasteiger partial charge is 0.120 e. The summed E-state index contributed by atoms with van der Waals surface area (Å²) < 4.78 is 5.50. The van der Waals surface area contributed by atoms with Crippen LogP contribution in [0.15, 0.2) is 16.7 Å². The summed E-state index contributed by atoms with van der Waals surface area (Å²) in [6, 6.07) is 2.73. The zero-order chi connectivity index (χ0) is 11.4. The molecule has 1 aliphatic rings. The topological polar surface area (TPSA) is 28.4 Å². The lowest BCUT2D eigenvalue weighted by Gasteiger charge is -2.26. The Hall–Kier alpha value is -0.800. The Morgan fingerprint density at radius 2 is 2.31 bits per heavy atom. The molecule has 1 aromatic heterocycles.